The minimum Gasteiger partial charge on any atom is -0.317 e. The minimum atomic E-state index is 0.874. The Morgan fingerprint density at radius 1 is 1.45 bits per heavy atom. The van der Waals surface area contributed by atoms with E-state index < -0.39 is 0 Å². The van der Waals surface area contributed by atoms with Gasteiger partial charge in [0.2, 0.25) is 0 Å². The fraction of sp³-hybridized carbons (Fsp3) is 1.00. The third-order valence-corrected chi connectivity index (χ3v) is 2.61. The first-order valence-electron chi connectivity index (χ1n) is 4.63. The van der Waals surface area contributed by atoms with Gasteiger partial charge in [-0.25, -0.2) is 0 Å². The largest absolute Gasteiger partial charge is 0.317 e. The predicted octanol–water partition coefficient (Wildman–Crippen LogP) is 0.794. The van der Waals surface area contributed by atoms with E-state index in [1.165, 1.54) is 19.6 Å². The molecule has 2 nitrogen and oxygen atoms in total. The lowest BCUT2D eigenvalue weighted by Crippen LogP contribution is -2.26. The van der Waals surface area contributed by atoms with Crippen molar-refractivity contribution in [1.82, 2.24) is 10.2 Å². The standard InChI is InChI=1S/C9H20N2/c1-4-10-5-9-7-11(3)6-8(9)2/h8-10H,4-7H2,1-3H3. The van der Waals surface area contributed by atoms with Crippen LogP contribution in [0.25, 0.3) is 0 Å². The smallest absolute Gasteiger partial charge is 0.00219 e. The first-order chi connectivity index (χ1) is 5.24. The van der Waals surface area contributed by atoms with Crippen molar-refractivity contribution in [2.24, 2.45) is 11.8 Å². The van der Waals surface area contributed by atoms with Crippen molar-refractivity contribution in [2.45, 2.75) is 13.8 Å². The van der Waals surface area contributed by atoms with Gasteiger partial charge in [0.05, 0.1) is 0 Å². The summed E-state index contributed by atoms with van der Waals surface area (Å²) in [4.78, 5) is 2.42. The van der Waals surface area contributed by atoms with Gasteiger partial charge in [-0.15, -0.1) is 0 Å². The Hall–Kier alpha value is -0.0800. The molecule has 0 aromatic heterocycles. The van der Waals surface area contributed by atoms with Gasteiger partial charge in [0.1, 0.15) is 0 Å². The van der Waals surface area contributed by atoms with E-state index >= 15 is 0 Å². The zero-order valence-electron chi connectivity index (χ0n) is 7.93. The molecule has 1 N–H and O–H groups in total. The second kappa shape index (κ2) is 4.07. The van der Waals surface area contributed by atoms with E-state index in [2.05, 4.69) is 31.1 Å². The third kappa shape index (κ3) is 2.46. The van der Waals surface area contributed by atoms with Crippen LogP contribution in [0.15, 0.2) is 0 Å². The molecule has 2 atom stereocenters. The summed E-state index contributed by atoms with van der Waals surface area (Å²) in [7, 11) is 2.21. The first-order valence-corrected chi connectivity index (χ1v) is 4.63. The molecule has 1 saturated heterocycles. The normalized spacial score (nSPS) is 33.0. The number of nitrogens with zero attached hydrogens (tertiary/aromatic N) is 1. The van der Waals surface area contributed by atoms with Gasteiger partial charge >= 0.3 is 0 Å². The van der Waals surface area contributed by atoms with Crippen LogP contribution in [0.1, 0.15) is 13.8 Å². The molecule has 0 spiro atoms. The van der Waals surface area contributed by atoms with Gasteiger partial charge in [-0.05, 0) is 32.0 Å². The minimum absolute atomic E-state index is 0.874. The third-order valence-electron chi connectivity index (χ3n) is 2.61. The zero-order valence-corrected chi connectivity index (χ0v) is 7.93. The first kappa shape index (κ1) is 9.01. The Morgan fingerprint density at radius 3 is 2.64 bits per heavy atom. The number of rotatable bonds is 3. The number of hydrogen-bond acceptors (Lipinski definition) is 2. The molecule has 2 unspecified atom stereocenters. The summed E-state index contributed by atoms with van der Waals surface area (Å²) in [5.41, 5.74) is 0. The van der Waals surface area contributed by atoms with Crippen LogP contribution in [0.4, 0.5) is 0 Å². The van der Waals surface area contributed by atoms with E-state index in [1.54, 1.807) is 0 Å². The second-order valence-electron chi connectivity index (χ2n) is 3.77. The second-order valence-corrected chi connectivity index (χ2v) is 3.77. The highest BCUT2D eigenvalue weighted by molar-refractivity contribution is 4.80. The van der Waals surface area contributed by atoms with Crippen molar-refractivity contribution < 1.29 is 0 Å². The summed E-state index contributed by atoms with van der Waals surface area (Å²) in [6.45, 7) is 9.37. The van der Waals surface area contributed by atoms with Gasteiger partial charge in [0.25, 0.3) is 0 Å². The average Bonchev–Trinajstić information content (AvgIpc) is 2.26. The Morgan fingerprint density at radius 2 is 2.18 bits per heavy atom. The quantitative estimate of drug-likeness (QED) is 0.650. The molecule has 0 saturated carbocycles. The zero-order chi connectivity index (χ0) is 8.27. The summed E-state index contributed by atoms with van der Waals surface area (Å²) >= 11 is 0. The Kier molecular flexibility index (Phi) is 3.34. The van der Waals surface area contributed by atoms with Crippen molar-refractivity contribution in [3.8, 4) is 0 Å². The van der Waals surface area contributed by atoms with Crippen LogP contribution in [-0.4, -0.2) is 38.1 Å². The van der Waals surface area contributed by atoms with Crippen LogP contribution in [0, 0.1) is 11.8 Å². The maximum atomic E-state index is 3.41. The van der Waals surface area contributed by atoms with Crippen molar-refractivity contribution in [2.75, 3.05) is 33.2 Å². The SMILES string of the molecule is CCNCC1CN(C)CC1C. The van der Waals surface area contributed by atoms with E-state index in [-0.39, 0.29) is 0 Å². The van der Waals surface area contributed by atoms with E-state index in [0.717, 1.165) is 18.4 Å². The summed E-state index contributed by atoms with van der Waals surface area (Å²) in [5.74, 6) is 1.75. The van der Waals surface area contributed by atoms with Crippen molar-refractivity contribution in [3.63, 3.8) is 0 Å². The molecule has 1 heterocycles. The van der Waals surface area contributed by atoms with Crippen molar-refractivity contribution >= 4 is 0 Å². The number of nitrogens with one attached hydrogen (secondary N) is 1. The molecule has 66 valence electrons. The molecule has 0 amide bonds. The molecule has 11 heavy (non-hydrogen) atoms. The molecular formula is C9H20N2. The monoisotopic (exact) mass is 156 g/mol. The summed E-state index contributed by atoms with van der Waals surface area (Å²) in [6.07, 6.45) is 0. The van der Waals surface area contributed by atoms with E-state index in [4.69, 9.17) is 0 Å². The van der Waals surface area contributed by atoms with E-state index in [9.17, 15) is 0 Å². The maximum Gasteiger partial charge on any atom is 0.00219 e. The van der Waals surface area contributed by atoms with Crippen LogP contribution < -0.4 is 5.32 Å². The average molecular weight is 156 g/mol. The van der Waals surface area contributed by atoms with Gasteiger partial charge < -0.3 is 10.2 Å². The lowest BCUT2D eigenvalue weighted by molar-refractivity contribution is 0.389. The van der Waals surface area contributed by atoms with E-state index in [1.807, 2.05) is 0 Å². The molecule has 0 aliphatic carbocycles. The van der Waals surface area contributed by atoms with Gasteiger partial charge in [0.15, 0.2) is 0 Å². The molecule has 1 aliphatic heterocycles. The summed E-state index contributed by atoms with van der Waals surface area (Å²) in [6, 6.07) is 0. The van der Waals surface area contributed by atoms with Gasteiger partial charge in [-0.2, -0.15) is 0 Å². The highest BCUT2D eigenvalue weighted by Crippen LogP contribution is 2.20. The molecule has 2 heteroatoms. The summed E-state index contributed by atoms with van der Waals surface area (Å²) in [5, 5.41) is 3.41. The Bertz CT molecular complexity index is 114. The van der Waals surface area contributed by atoms with Gasteiger partial charge in [-0.3, -0.25) is 0 Å². The van der Waals surface area contributed by atoms with Gasteiger partial charge in [0, 0.05) is 13.1 Å². The highest BCUT2D eigenvalue weighted by atomic mass is 15.1. The van der Waals surface area contributed by atoms with Crippen LogP contribution in [-0.2, 0) is 0 Å². The molecule has 1 aliphatic rings. The maximum absolute atomic E-state index is 3.41. The highest BCUT2D eigenvalue weighted by Gasteiger charge is 2.26. The number of hydrogen-bond donors (Lipinski definition) is 1. The van der Waals surface area contributed by atoms with Crippen molar-refractivity contribution in [3.05, 3.63) is 0 Å². The molecule has 0 radical (unpaired) electrons. The molecule has 0 bridgehead atoms. The number of likely N-dealkylation sites (tertiary alicyclic amines) is 1. The van der Waals surface area contributed by atoms with Crippen LogP contribution in [0.2, 0.25) is 0 Å². The summed E-state index contributed by atoms with van der Waals surface area (Å²) < 4.78 is 0. The fourth-order valence-corrected chi connectivity index (χ4v) is 1.89. The topological polar surface area (TPSA) is 15.3 Å². The van der Waals surface area contributed by atoms with Crippen LogP contribution in [0.5, 0.6) is 0 Å². The molecule has 1 rings (SSSR count). The lowest BCUT2D eigenvalue weighted by atomic mass is 9.98. The Labute approximate surface area is 70.0 Å². The predicted molar refractivity (Wildman–Crippen MR) is 48.7 cm³/mol. The Balaban J connectivity index is 2.23. The van der Waals surface area contributed by atoms with Crippen LogP contribution >= 0.6 is 0 Å². The van der Waals surface area contributed by atoms with Crippen molar-refractivity contribution in [1.29, 1.82) is 0 Å². The van der Waals surface area contributed by atoms with Crippen LogP contribution in [0.3, 0.4) is 0 Å². The van der Waals surface area contributed by atoms with Gasteiger partial charge in [-0.1, -0.05) is 13.8 Å². The van der Waals surface area contributed by atoms with E-state index in [0.29, 0.717) is 0 Å². The molecule has 1 fully saturated rings. The molecule has 0 aromatic carbocycles. The lowest BCUT2D eigenvalue weighted by Gasteiger charge is -2.13. The molecule has 0 aromatic rings. The fourth-order valence-electron chi connectivity index (χ4n) is 1.89. The molecular weight excluding hydrogens is 136 g/mol.